The Morgan fingerprint density at radius 2 is 1.51 bits per heavy atom. The fraction of sp³-hybridized carbons (Fsp3) is 0.787. The number of methoxy groups -OCH3 is 1. The second kappa shape index (κ2) is 27.8. The number of Topliss-reactive ketones (excluding diaryl/α,β-unsaturated/α-hetero) is 1. The fourth-order valence-corrected chi connectivity index (χ4v) is 13.9. The zero-order valence-corrected chi connectivity index (χ0v) is 49.6. The van der Waals surface area contributed by atoms with Crippen molar-refractivity contribution in [2.45, 2.75) is 271 Å². The highest BCUT2D eigenvalue weighted by atomic mass is 35.5. The topological polar surface area (TPSA) is 296 Å². The normalized spacial score (nSPS) is 45.8. The average molecular weight is 1180 g/mol. The maximum atomic E-state index is 14.4. The summed E-state index contributed by atoms with van der Waals surface area (Å²) in [5.41, 5.74) is -0.438. The van der Waals surface area contributed by atoms with Crippen LogP contribution in [0.15, 0.2) is 60.2 Å². The molecule has 0 aromatic rings. The van der Waals surface area contributed by atoms with Crippen LogP contribution in [0.25, 0.3) is 0 Å². The van der Waals surface area contributed by atoms with Gasteiger partial charge in [0.1, 0.15) is 30.2 Å². The third-order valence-electron chi connectivity index (χ3n) is 18.0. The highest BCUT2D eigenvalue weighted by molar-refractivity contribution is 6.30. The Hall–Kier alpha value is -3.00. The van der Waals surface area contributed by atoms with Gasteiger partial charge in [-0.2, -0.15) is 0 Å². The van der Waals surface area contributed by atoms with E-state index in [-0.39, 0.29) is 81.1 Å². The van der Waals surface area contributed by atoms with Gasteiger partial charge in [0.15, 0.2) is 17.4 Å². The second-order valence-electron chi connectivity index (χ2n) is 25.4. The standard InChI is InChI=1S/C61H93ClO20/c1-32(18-40(64)17-16-34(3)62)19-51-53(70)55-38(7)56(76-51)57(71)61(73)30-49(68)36(5)50(82-61)15-13-11-12-14-43-21-41(65)26-59(78-43)29-46(74-10)23-45(79-59)24-48(67)37(6)54(75-39(8)63)35(4)33(2)20-47-28-58(9,72)31-60(81-47)27-42(66)22-44(80-60)25-52(69)77-55/h12,14,16-17,35-38,40-47,49-51,53-57,64-66,68,70-73H,1-3,11,13,15,18-31H2,4-10H3/b14-12-,17-16+/t35?,36-,37?,38+,40?,41+,42-,43+,44+,45+,46+,47-,49+,50-,51+,53+,54?,55+,56+,57-,58-,59+,60+,61-/m0/s1. The Balaban J connectivity index is 1.19. The van der Waals surface area contributed by atoms with Crippen LogP contribution in [0.5, 0.6) is 0 Å². The van der Waals surface area contributed by atoms with Crippen LogP contribution in [-0.4, -0.2) is 186 Å². The number of fused-ring (bicyclic) bond motifs is 8. The Bertz CT molecular complexity index is 2310. The molecule has 2 spiro atoms. The lowest BCUT2D eigenvalue weighted by molar-refractivity contribution is -0.351. The van der Waals surface area contributed by atoms with Crippen molar-refractivity contribution in [3.8, 4) is 0 Å². The first-order valence-electron chi connectivity index (χ1n) is 29.4. The van der Waals surface area contributed by atoms with Crippen LogP contribution < -0.4 is 0 Å². The van der Waals surface area contributed by atoms with Crippen molar-refractivity contribution in [1.82, 2.24) is 0 Å². The molecule has 8 N–H and O–H groups in total. The lowest BCUT2D eigenvalue weighted by Gasteiger charge is -2.52. The fourth-order valence-electron chi connectivity index (χ4n) is 13.8. The van der Waals surface area contributed by atoms with Crippen molar-refractivity contribution in [2.24, 2.45) is 23.7 Å². The van der Waals surface area contributed by atoms with E-state index in [4.69, 9.17) is 54.2 Å². The summed E-state index contributed by atoms with van der Waals surface area (Å²) in [4.78, 5) is 41.4. The van der Waals surface area contributed by atoms with E-state index in [9.17, 15) is 55.2 Å². The largest absolute Gasteiger partial charge is 0.461 e. The summed E-state index contributed by atoms with van der Waals surface area (Å²) in [6.07, 6.45) is -8.40. The number of carbonyl (C=O) groups is 3. The van der Waals surface area contributed by atoms with Gasteiger partial charge in [-0.3, -0.25) is 14.4 Å². The van der Waals surface area contributed by atoms with Gasteiger partial charge in [0.05, 0.1) is 91.2 Å². The minimum absolute atomic E-state index is 0.00951. The lowest BCUT2D eigenvalue weighted by atomic mass is 9.78. The zero-order valence-electron chi connectivity index (χ0n) is 48.9. The molecule has 10 bridgehead atoms. The number of halogens is 1. The number of rotatable bonds is 8. The van der Waals surface area contributed by atoms with E-state index in [2.05, 4.69) is 19.7 Å². The van der Waals surface area contributed by atoms with Crippen LogP contribution in [-0.2, 0) is 57.0 Å². The molecule has 7 aliphatic rings. The molecular formula is C61H93ClO20. The molecule has 0 radical (unpaired) electrons. The quantitative estimate of drug-likeness (QED) is 0.0864. The van der Waals surface area contributed by atoms with Crippen molar-refractivity contribution in [1.29, 1.82) is 0 Å². The molecule has 82 heavy (non-hydrogen) atoms. The van der Waals surface area contributed by atoms with Crippen molar-refractivity contribution in [2.75, 3.05) is 7.11 Å². The number of esters is 2. The van der Waals surface area contributed by atoms with Gasteiger partial charge in [0, 0.05) is 101 Å². The number of aliphatic hydroxyl groups excluding tert-OH is 6. The molecule has 7 rings (SSSR count). The minimum Gasteiger partial charge on any atom is -0.461 e. The van der Waals surface area contributed by atoms with Gasteiger partial charge < -0.3 is 83.5 Å². The summed E-state index contributed by atoms with van der Waals surface area (Å²) in [7, 11) is 1.58. The van der Waals surface area contributed by atoms with E-state index >= 15 is 0 Å². The third-order valence-corrected chi connectivity index (χ3v) is 18.1. The van der Waals surface area contributed by atoms with Gasteiger partial charge in [-0.15, -0.1) is 0 Å². The molecule has 6 fully saturated rings. The number of carbonyl (C=O) groups excluding carboxylic acids is 3. The maximum Gasteiger partial charge on any atom is 0.308 e. The number of aliphatic hydroxyl groups is 8. The van der Waals surface area contributed by atoms with Gasteiger partial charge >= 0.3 is 11.9 Å². The first kappa shape index (κ1) is 66.5. The smallest absolute Gasteiger partial charge is 0.308 e. The van der Waals surface area contributed by atoms with Gasteiger partial charge in [0.25, 0.3) is 0 Å². The average Bonchev–Trinajstić information content (AvgIpc) is 3.31. The summed E-state index contributed by atoms with van der Waals surface area (Å²) in [5, 5.41) is 93.6. The predicted molar refractivity (Wildman–Crippen MR) is 298 cm³/mol. The molecule has 24 atom stereocenters. The van der Waals surface area contributed by atoms with Crippen molar-refractivity contribution >= 4 is 29.3 Å². The summed E-state index contributed by atoms with van der Waals surface area (Å²) in [5.74, 6) is -9.90. The highest BCUT2D eigenvalue weighted by Gasteiger charge is 2.58. The molecule has 7 heterocycles. The molecule has 7 aliphatic heterocycles. The lowest BCUT2D eigenvalue weighted by Crippen LogP contribution is -2.65. The number of hydrogen-bond acceptors (Lipinski definition) is 20. The Kier molecular flexibility index (Phi) is 22.5. The van der Waals surface area contributed by atoms with Crippen molar-refractivity contribution in [3.05, 3.63) is 60.2 Å². The van der Waals surface area contributed by atoms with Gasteiger partial charge in [-0.1, -0.05) is 88.4 Å². The van der Waals surface area contributed by atoms with Crippen molar-refractivity contribution < 1.29 is 97.9 Å². The number of allylic oxidation sites excluding steroid dienone is 3. The molecule has 6 saturated heterocycles. The van der Waals surface area contributed by atoms with Crippen LogP contribution in [0.3, 0.4) is 0 Å². The van der Waals surface area contributed by atoms with Crippen molar-refractivity contribution in [3.63, 3.8) is 0 Å². The van der Waals surface area contributed by atoms with Gasteiger partial charge in [0.2, 0.25) is 0 Å². The summed E-state index contributed by atoms with van der Waals surface area (Å²) < 4.78 is 57.3. The molecule has 0 saturated carbocycles. The first-order chi connectivity index (χ1) is 38.4. The summed E-state index contributed by atoms with van der Waals surface area (Å²) in [6.45, 7) is 21.8. The molecule has 4 unspecified atom stereocenters. The van der Waals surface area contributed by atoms with Crippen LogP contribution in [0.2, 0.25) is 0 Å². The molecule has 464 valence electrons. The van der Waals surface area contributed by atoms with Crippen LogP contribution in [0.4, 0.5) is 0 Å². The number of ether oxygens (including phenoxy) is 9. The van der Waals surface area contributed by atoms with Crippen LogP contribution >= 0.6 is 11.6 Å². The highest BCUT2D eigenvalue weighted by Crippen LogP contribution is 2.48. The second-order valence-corrected chi connectivity index (χ2v) is 25.8. The van der Waals surface area contributed by atoms with E-state index in [1.165, 1.54) is 19.1 Å². The summed E-state index contributed by atoms with van der Waals surface area (Å²) in [6, 6.07) is 0. The number of ketones is 1. The minimum atomic E-state index is -2.39. The maximum absolute atomic E-state index is 14.4. The Morgan fingerprint density at radius 3 is 2.21 bits per heavy atom. The zero-order chi connectivity index (χ0) is 60.2. The van der Waals surface area contributed by atoms with E-state index in [1.54, 1.807) is 41.7 Å². The Labute approximate surface area is 487 Å². The predicted octanol–water partition coefficient (Wildman–Crippen LogP) is 5.34. The molecular weight excluding hydrogens is 1090 g/mol. The van der Waals surface area contributed by atoms with Gasteiger partial charge in [-0.05, 0) is 51.5 Å². The monoisotopic (exact) mass is 1180 g/mol. The Morgan fingerprint density at radius 1 is 0.841 bits per heavy atom. The number of hydrogen-bond donors (Lipinski definition) is 8. The van der Waals surface area contributed by atoms with Gasteiger partial charge in [-0.25, -0.2) is 0 Å². The molecule has 20 nitrogen and oxygen atoms in total. The molecule has 0 amide bonds. The first-order valence-corrected chi connectivity index (χ1v) is 29.8. The van der Waals surface area contributed by atoms with Crippen LogP contribution in [0.1, 0.15) is 151 Å². The summed E-state index contributed by atoms with van der Waals surface area (Å²) >= 11 is 5.88. The third kappa shape index (κ3) is 16.9. The van der Waals surface area contributed by atoms with E-state index in [0.717, 1.165) is 0 Å². The van der Waals surface area contributed by atoms with Crippen LogP contribution in [0, 0.1) is 23.7 Å². The van der Waals surface area contributed by atoms with E-state index < -0.39 is 163 Å². The van der Waals surface area contributed by atoms with E-state index in [0.29, 0.717) is 43.3 Å². The molecule has 0 aromatic carbocycles. The SMILES string of the molecule is C=C(Cl)/C=C/C(O)CC(=C)C[C@H]1O[C@@H]2[C@H](C)[C@@H](OC(=O)C[C@H]3C[C@H](O)C[C@@]4(C[C@@](C)(O)C[C@H](CC(=C)C(C)C(OC(C)=O)C(C)C(=O)C[C@H]5C[C@@H](OC)C[C@@]6(C[C@H](O)C[C@@H](/C=C\CCC[C@@H]7O[C@@](O)(C[C@@H](O)[C@@H]7C)[C@H]2O)O6)O5)O4)O3)[C@@H]1O. The molecule has 0 aromatic heterocycles. The molecule has 0 aliphatic carbocycles. The van der Waals surface area contributed by atoms with E-state index in [1.807, 2.05) is 12.2 Å². The molecule has 21 heteroatoms.